The van der Waals surface area contributed by atoms with Crippen LogP contribution in [-0.4, -0.2) is 30.6 Å². The van der Waals surface area contributed by atoms with Crippen molar-refractivity contribution in [2.24, 2.45) is 0 Å². The Morgan fingerprint density at radius 3 is 2.82 bits per heavy atom. The summed E-state index contributed by atoms with van der Waals surface area (Å²) in [4.78, 5) is 11.7. The highest BCUT2D eigenvalue weighted by Gasteiger charge is 2.07. The van der Waals surface area contributed by atoms with E-state index in [4.69, 9.17) is 0 Å². The molecule has 4 nitrogen and oxygen atoms in total. The molecule has 0 atom stereocenters. The molecule has 1 aromatic rings. The standard InChI is InChI=1S/C12H17IN2O2/c1-2-14-6-3-7-15-12(17)9-4-5-10(13)11(16)8-9/h4-5,8,14,16H,2-3,6-7H2,1H3,(H,15,17). The van der Waals surface area contributed by atoms with Gasteiger partial charge < -0.3 is 15.7 Å². The van der Waals surface area contributed by atoms with E-state index in [1.54, 1.807) is 12.1 Å². The number of phenols is 1. The van der Waals surface area contributed by atoms with E-state index in [-0.39, 0.29) is 11.7 Å². The minimum Gasteiger partial charge on any atom is -0.507 e. The topological polar surface area (TPSA) is 61.4 Å². The van der Waals surface area contributed by atoms with Crippen LogP contribution in [0.3, 0.4) is 0 Å². The molecule has 0 saturated heterocycles. The second kappa shape index (κ2) is 7.50. The lowest BCUT2D eigenvalue weighted by Crippen LogP contribution is -2.27. The molecular weight excluding hydrogens is 331 g/mol. The van der Waals surface area contributed by atoms with Gasteiger partial charge in [0.15, 0.2) is 0 Å². The third kappa shape index (κ3) is 4.91. The number of phenolic OH excluding ortho intramolecular Hbond substituents is 1. The van der Waals surface area contributed by atoms with Gasteiger partial charge in [-0.3, -0.25) is 4.79 Å². The van der Waals surface area contributed by atoms with Gasteiger partial charge in [0.1, 0.15) is 5.75 Å². The zero-order valence-electron chi connectivity index (χ0n) is 9.79. The molecule has 3 N–H and O–H groups in total. The van der Waals surface area contributed by atoms with Gasteiger partial charge in [-0.15, -0.1) is 0 Å². The first-order chi connectivity index (χ1) is 8.15. The Balaban J connectivity index is 2.39. The van der Waals surface area contributed by atoms with Crippen molar-refractivity contribution in [3.05, 3.63) is 27.3 Å². The van der Waals surface area contributed by atoms with Crippen molar-refractivity contribution in [3.63, 3.8) is 0 Å². The average molecular weight is 348 g/mol. The van der Waals surface area contributed by atoms with Gasteiger partial charge in [-0.05, 0) is 60.3 Å². The molecule has 0 bridgehead atoms. The molecule has 0 aliphatic heterocycles. The number of benzene rings is 1. The lowest BCUT2D eigenvalue weighted by atomic mass is 10.2. The van der Waals surface area contributed by atoms with Crippen LogP contribution in [0.4, 0.5) is 0 Å². The maximum Gasteiger partial charge on any atom is 0.251 e. The number of carbonyl (C=O) groups excluding carboxylic acids is 1. The van der Waals surface area contributed by atoms with Gasteiger partial charge in [-0.25, -0.2) is 0 Å². The molecule has 0 aliphatic rings. The van der Waals surface area contributed by atoms with Crippen molar-refractivity contribution in [1.29, 1.82) is 0 Å². The fourth-order valence-electron chi connectivity index (χ4n) is 1.35. The molecule has 0 spiro atoms. The van der Waals surface area contributed by atoms with Crippen LogP contribution in [0.5, 0.6) is 5.75 Å². The van der Waals surface area contributed by atoms with Gasteiger partial charge in [0.05, 0.1) is 3.57 Å². The number of rotatable bonds is 6. The molecule has 0 saturated carbocycles. The Hall–Kier alpha value is -0.820. The molecule has 1 rings (SSSR count). The first kappa shape index (κ1) is 14.2. The number of hydrogen-bond acceptors (Lipinski definition) is 3. The van der Waals surface area contributed by atoms with Gasteiger partial charge >= 0.3 is 0 Å². The maximum absolute atomic E-state index is 11.7. The van der Waals surface area contributed by atoms with E-state index < -0.39 is 0 Å². The summed E-state index contributed by atoms with van der Waals surface area (Å²) in [6.07, 6.45) is 0.899. The van der Waals surface area contributed by atoms with E-state index in [1.165, 1.54) is 6.07 Å². The third-order valence-electron chi connectivity index (χ3n) is 2.27. The normalized spacial score (nSPS) is 10.2. The van der Waals surface area contributed by atoms with Crippen LogP contribution >= 0.6 is 22.6 Å². The molecular formula is C12H17IN2O2. The molecule has 1 amide bonds. The Bertz CT molecular complexity index is 383. The molecule has 17 heavy (non-hydrogen) atoms. The van der Waals surface area contributed by atoms with Crippen LogP contribution in [0.2, 0.25) is 0 Å². The first-order valence-corrected chi connectivity index (χ1v) is 6.70. The first-order valence-electron chi connectivity index (χ1n) is 5.62. The molecule has 0 aliphatic carbocycles. The van der Waals surface area contributed by atoms with Crippen molar-refractivity contribution in [2.75, 3.05) is 19.6 Å². The van der Waals surface area contributed by atoms with E-state index in [0.717, 1.165) is 23.1 Å². The van der Waals surface area contributed by atoms with Gasteiger partial charge in [0, 0.05) is 12.1 Å². The second-order valence-corrected chi connectivity index (χ2v) is 4.79. The predicted octanol–water partition coefficient (Wildman–Crippen LogP) is 1.73. The molecule has 0 heterocycles. The Morgan fingerprint density at radius 1 is 1.41 bits per heavy atom. The maximum atomic E-state index is 11.7. The van der Waals surface area contributed by atoms with Crippen LogP contribution in [0.15, 0.2) is 18.2 Å². The van der Waals surface area contributed by atoms with Crippen molar-refractivity contribution >= 4 is 28.5 Å². The van der Waals surface area contributed by atoms with Gasteiger partial charge in [0.25, 0.3) is 5.91 Å². The van der Waals surface area contributed by atoms with E-state index in [0.29, 0.717) is 12.1 Å². The molecule has 0 unspecified atom stereocenters. The number of hydrogen-bond donors (Lipinski definition) is 3. The van der Waals surface area contributed by atoms with E-state index >= 15 is 0 Å². The van der Waals surface area contributed by atoms with E-state index in [1.807, 2.05) is 29.5 Å². The van der Waals surface area contributed by atoms with Gasteiger partial charge in [-0.1, -0.05) is 6.92 Å². The summed E-state index contributed by atoms with van der Waals surface area (Å²) in [5, 5.41) is 15.5. The summed E-state index contributed by atoms with van der Waals surface area (Å²) >= 11 is 2.02. The molecule has 0 aromatic heterocycles. The number of halogens is 1. The van der Waals surface area contributed by atoms with Crippen LogP contribution in [0.1, 0.15) is 23.7 Å². The molecule has 94 valence electrons. The van der Waals surface area contributed by atoms with Crippen molar-refractivity contribution in [3.8, 4) is 5.75 Å². The molecule has 1 aromatic carbocycles. The quantitative estimate of drug-likeness (QED) is 0.542. The lowest BCUT2D eigenvalue weighted by Gasteiger charge is -2.06. The minimum atomic E-state index is -0.145. The van der Waals surface area contributed by atoms with Crippen LogP contribution in [-0.2, 0) is 0 Å². The zero-order valence-corrected chi connectivity index (χ0v) is 12.0. The fraction of sp³-hybridized carbons (Fsp3) is 0.417. The Kier molecular flexibility index (Phi) is 6.28. The number of carbonyl (C=O) groups is 1. The summed E-state index contributed by atoms with van der Waals surface area (Å²) < 4.78 is 0.742. The second-order valence-electron chi connectivity index (χ2n) is 3.63. The highest BCUT2D eigenvalue weighted by Crippen LogP contribution is 2.20. The largest absolute Gasteiger partial charge is 0.507 e. The highest BCUT2D eigenvalue weighted by atomic mass is 127. The van der Waals surface area contributed by atoms with Crippen LogP contribution in [0.25, 0.3) is 0 Å². The number of aromatic hydroxyl groups is 1. The Labute approximate surface area is 115 Å². The molecule has 0 radical (unpaired) electrons. The summed E-state index contributed by atoms with van der Waals surface area (Å²) in [5.74, 6) is -0.000835. The summed E-state index contributed by atoms with van der Waals surface area (Å²) in [6.45, 7) is 4.53. The van der Waals surface area contributed by atoms with Crippen molar-refractivity contribution < 1.29 is 9.90 Å². The van der Waals surface area contributed by atoms with Crippen molar-refractivity contribution in [2.45, 2.75) is 13.3 Å². The number of amides is 1. The summed E-state index contributed by atoms with van der Waals surface area (Å²) in [6, 6.07) is 4.92. The predicted molar refractivity (Wildman–Crippen MR) is 76.3 cm³/mol. The number of nitrogens with one attached hydrogen (secondary N) is 2. The van der Waals surface area contributed by atoms with Gasteiger partial charge in [0.2, 0.25) is 0 Å². The minimum absolute atomic E-state index is 0.144. The summed E-state index contributed by atoms with van der Waals surface area (Å²) in [7, 11) is 0. The zero-order chi connectivity index (χ0) is 12.7. The average Bonchev–Trinajstić information content (AvgIpc) is 2.32. The summed E-state index contributed by atoms with van der Waals surface area (Å²) in [5.41, 5.74) is 0.492. The Morgan fingerprint density at radius 2 is 2.18 bits per heavy atom. The van der Waals surface area contributed by atoms with Gasteiger partial charge in [-0.2, -0.15) is 0 Å². The SMILES string of the molecule is CCNCCCNC(=O)c1ccc(I)c(O)c1. The monoisotopic (exact) mass is 348 g/mol. The van der Waals surface area contributed by atoms with Crippen molar-refractivity contribution in [1.82, 2.24) is 10.6 Å². The van der Waals surface area contributed by atoms with E-state index in [2.05, 4.69) is 10.6 Å². The fourth-order valence-corrected chi connectivity index (χ4v) is 1.68. The lowest BCUT2D eigenvalue weighted by molar-refractivity contribution is 0.0953. The highest BCUT2D eigenvalue weighted by molar-refractivity contribution is 14.1. The smallest absolute Gasteiger partial charge is 0.251 e. The van der Waals surface area contributed by atoms with Crippen LogP contribution < -0.4 is 10.6 Å². The van der Waals surface area contributed by atoms with E-state index in [9.17, 15) is 9.90 Å². The van der Waals surface area contributed by atoms with Crippen LogP contribution in [0, 0.1) is 3.57 Å². The third-order valence-corrected chi connectivity index (χ3v) is 3.19. The molecule has 5 heteroatoms. The molecule has 0 fully saturated rings.